The number of rotatable bonds is 3. The predicted octanol–water partition coefficient (Wildman–Crippen LogP) is 1.17. The van der Waals surface area contributed by atoms with Crippen LogP contribution in [0, 0.1) is 5.82 Å². The Labute approximate surface area is 175 Å². The first-order chi connectivity index (χ1) is 14.3. The van der Waals surface area contributed by atoms with E-state index in [9.17, 15) is 14.0 Å². The molecule has 0 saturated carbocycles. The van der Waals surface area contributed by atoms with E-state index >= 15 is 0 Å². The molecule has 7 N–H and O–H groups in total. The maximum absolute atomic E-state index is 13.5. The first-order valence-corrected chi connectivity index (χ1v) is 8.96. The molecule has 0 spiro atoms. The molecule has 1 aliphatic rings. The van der Waals surface area contributed by atoms with E-state index in [1.165, 1.54) is 12.1 Å². The lowest BCUT2D eigenvalue weighted by molar-refractivity contribution is -0.136. The third-order valence-corrected chi connectivity index (χ3v) is 4.50. The largest absolute Gasteiger partial charge is 0.483 e. The van der Waals surface area contributed by atoms with E-state index in [2.05, 4.69) is 15.6 Å². The van der Waals surface area contributed by atoms with Gasteiger partial charge in [-0.2, -0.15) is 0 Å². The van der Waals surface area contributed by atoms with E-state index in [-0.39, 0.29) is 23.1 Å². The van der Waals surface area contributed by atoms with Crippen LogP contribution < -0.4 is 22.1 Å². The van der Waals surface area contributed by atoms with Crippen molar-refractivity contribution in [3.63, 3.8) is 0 Å². The zero-order valence-electron chi connectivity index (χ0n) is 15.5. The minimum atomic E-state index is -0.940. The summed E-state index contributed by atoms with van der Waals surface area (Å²) in [5, 5.41) is 11.8. The molecule has 0 heterocycles. The number of guanidine groups is 1. The fourth-order valence-corrected chi connectivity index (χ4v) is 3.15. The summed E-state index contributed by atoms with van der Waals surface area (Å²) < 4.78 is 13.5. The van der Waals surface area contributed by atoms with Gasteiger partial charge in [-0.3, -0.25) is 14.4 Å². The van der Waals surface area contributed by atoms with E-state index in [1.54, 1.807) is 0 Å². The highest BCUT2D eigenvalue weighted by Crippen LogP contribution is 2.33. The Bertz CT molecular complexity index is 981. The van der Waals surface area contributed by atoms with E-state index in [0.29, 0.717) is 6.42 Å². The summed E-state index contributed by atoms with van der Waals surface area (Å²) in [6, 6.07) is 10.2. The minimum Gasteiger partial charge on any atom is -0.483 e. The van der Waals surface area contributed by atoms with Gasteiger partial charge in [0.05, 0.1) is 17.1 Å². The molecule has 2 atom stereocenters. The van der Waals surface area contributed by atoms with Gasteiger partial charge in [-0.25, -0.2) is 9.38 Å². The van der Waals surface area contributed by atoms with E-state index < -0.39 is 29.7 Å². The van der Waals surface area contributed by atoms with Crippen molar-refractivity contribution in [2.45, 2.75) is 18.5 Å². The fourth-order valence-electron chi connectivity index (χ4n) is 3.03. The minimum absolute atomic E-state index is 0.0833. The highest BCUT2D eigenvalue weighted by Gasteiger charge is 2.34. The average molecular weight is 436 g/mol. The number of carbonyl (C=O) groups is 3. The van der Waals surface area contributed by atoms with Gasteiger partial charge >= 0.3 is 11.8 Å². The third-order valence-electron chi connectivity index (χ3n) is 4.19. The van der Waals surface area contributed by atoms with Crippen LogP contribution >= 0.6 is 11.6 Å². The molecular weight excluding hydrogens is 417 g/mol. The SMILES string of the molecule is NC(N)=N[C@H]1Cc2ccccc2[C@@H]1NC(=O)C(=O)Nc1ccc(Cl)c(F)c1.O=CO. The van der Waals surface area contributed by atoms with Gasteiger partial charge < -0.3 is 27.2 Å². The summed E-state index contributed by atoms with van der Waals surface area (Å²) in [5.41, 5.74) is 12.9. The topological polar surface area (TPSA) is 160 Å². The molecule has 2 amide bonds. The number of carboxylic acid groups (broad SMARTS) is 1. The molecule has 11 heteroatoms. The van der Waals surface area contributed by atoms with Gasteiger partial charge in [0.2, 0.25) is 0 Å². The summed E-state index contributed by atoms with van der Waals surface area (Å²) in [6.45, 7) is -0.250. The van der Waals surface area contributed by atoms with Crippen molar-refractivity contribution >= 4 is 41.5 Å². The second-order valence-electron chi connectivity index (χ2n) is 6.16. The van der Waals surface area contributed by atoms with Gasteiger partial charge in [-0.15, -0.1) is 0 Å². The van der Waals surface area contributed by atoms with Crippen molar-refractivity contribution in [1.82, 2.24) is 5.32 Å². The molecule has 2 aromatic rings. The summed E-state index contributed by atoms with van der Waals surface area (Å²) in [7, 11) is 0. The molecule has 1 aliphatic carbocycles. The zero-order valence-corrected chi connectivity index (χ0v) is 16.3. The Morgan fingerprint density at radius 3 is 2.50 bits per heavy atom. The number of amides is 2. The number of anilines is 1. The number of nitrogens with one attached hydrogen (secondary N) is 2. The Kier molecular flexibility index (Phi) is 7.70. The first-order valence-electron chi connectivity index (χ1n) is 8.58. The third kappa shape index (κ3) is 5.67. The van der Waals surface area contributed by atoms with Gasteiger partial charge in [0, 0.05) is 5.69 Å². The number of benzene rings is 2. The molecule has 0 aromatic heterocycles. The van der Waals surface area contributed by atoms with Gasteiger partial charge in [0.25, 0.3) is 6.47 Å². The maximum atomic E-state index is 13.5. The highest BCUT2D eigenvalue weighted by molar-refractivity contribution is 6.39. The van der Waals surface area contributed by atoms with Crippen LogP contribution in [0.2, 0.25) is 5.02 Å². The highest BCUT2D eigenvalue weighted by atomic mass is 35.5. The second kappa shape index (κ2) is 10.2. The standard InChI is InChI=1S/C18H17ClFN5O2.CH2O2/c19-12-6-5-10(8-13(12)20)23-16(26)17(27)25-15-11-4-2-1-3-9(11)7-14(15)24-18(21)22;2-1-3/h1-6,8,14-15H,7H2,(H,23,26)(H,25,27)(H4,21,22,24);1H,(H,2,3)/t14-,15-;/m0./s1. The maximum Gasteiger partial charge on any atom is 0.313 e. The molecule has 30 heavy (non-hydrogen) atoms. The number of hydrogen-bond acceptors (Lipinski definition) is 4. The second-order valence-corrected chi connectivity index (χ2v) is 6.57. The Morgan fingerprint density at radius 1 is 1.20 bits per heavy atom. The van der Waals surface area contributed by atoms with E-state index in [1.807, 2.05) is 24.3 Å². The predicted molar refractivity (Wildman–Crippen MR) is 109 cm³/mol. The van der Waals surface area contributed by atoms with Crippen LogP contribution in [0.25, 0.3) is 0 Å². The van der Waals surface area contributed by atoms with Crippen molar-refractivity contribution in [2.24, 2.45) is 16.5 Å². The number of hydrogen-bond donors (Lipinski definition) is 5. The molecule has 9 nitrogen and oxygen atoms in total. The molecule has 0 bridgehead atoms. The van der Waals surface area contributed by atoms with Crippen LogP contribution in [-0.4, -0.2) is 35.4 Å². The number of nitrogens with two attached hydrogens (primary N) is 2. The van der Waals surface area contributed by atoms with Gasteiger partial charge in [0.15, 0.2) is 5.96 Å². The number of halogens is 2. The van der Waals surface area contributed by atoms with Crippen LogP contribution in [0.5, 0.6) is 0 Å². The zero-order chi connectivity index (χ0) is 22.3. The van der Waals surface area contributed by atoms with Crippen LogP contribution in [0.15, 0.2) is 47.5 Å². The molecule has 3 rings (SSSR count). The van der Waals surface area contributed by atoms with Crippen molar-refractivity contribution < 1.29 is 23.9 Å². The van der Waals surface area contributed by atoms with Gasteiger partial charge in [-0.05, 0) is 35.7 Å². The molecule has 0 unspecified atom stereocenters. The van der Waals surface area contributed by atoms with Crippen molar-refractivity contribution in [2.75, 3.05) is 5.32 Å². The molecule has 0 aliphatic heterocycles. The number of carbonyl (C=O) groups excluding carboxylic acids is 2. The molecule has 158 valence electrons. The van der Waals surface area contributed by atoms with Crippen molar-refractivity contribution in [3.05, 3.63) is 64.4 Å². The summed E-state index contributed by atoms with van der Waals surface area (Å²) >= 11 is 5.60. The fraction of sp³-hybridized carbons (Fsp3) is 0.158. The number of aliphatic imine (C=N–C) groups is 1. The monoisotopic (exact) mass is 435 g/mol. The normalized spacial score (nSPS) is 16.3. The van der Waals surface area contributed by atoms with Crippen LogP contribution in [0.1, 0.15) is 17.2 Å². The number of nitrogens with zero attached hydrogens (tertiary/aromatic N) is 1. The van der Waals surface area contributed by atoms with Gasteiger partial charge in [0.1, 0.15) is 5.82 Å². The lowest BCUT2D eigenvalue weighted by Gasteiger charge is -2.19. The van der Waals surface area contributed by atoms with Crippen LogP contribution in [0.3, 0.4) is 0 Å². The lowest BCUT2D eigenvalue weighted by Crippen LogP contribution is -2.41. The molecule has 2 aromatic carbocycles. The van der Waals surface area contributed by atoms with E-state index in [4.69, 9.17) is 33.0 Å². The van der Waals surface area contributed by atoms with Gasteiger partial charge in [-0.1, -0.05) is 35.9 Å². The smallest absolute Gasteiger partial charge is 0.313 e. The quantitative estimate of drug-likeness (QED) is 0.210. The average Bonchev–Trinajstić information content (AvgIpc) is 3.02. The first kappa shape index (κ1) is 22.6. The molecular formula is C19H19ClFN5O4. The molecule has 0 fully saturated rings. The summed E-state index contributed by atoms with van der Waals surface area (Å²) in [5.74, 6) is -2.63. The van der Waals surface area contributed by atoms with Crippen molar-refractivity contribution in [3.8, 4) is 0 Å². The number of fused-ring (bicyclic) bond motifs is 1. The Balaban J connectivity index is 0.00000101. The van der Waals surface area contributed by atoms with E-state index in [0.717, 1.165) is 17.2 Å². The Hall–Kier alpha value is -3.66. The van der Waals surface area contributed by atoms with Crippen LogP contribution in [0.4, 0.5) is 10.1 Å². The molecule has 0 radical (unpaired) electrons. The molecule has 0 saturated heterocycles. The lowest BCUT2D eigenvalue weighted by atomic mass is 10.1. The van der Waals surface area contributed by atoms with Crippen molar-refractivity contribution in [1.29, 1.82) is 0 Å². The van der Waals surface area contributed by atoms with Crippen LogP contribution in [-0.2, 0) is 20.8 Å². The Morgan fingerprint density at radius 2 is 1.87 bits per heavy atom. The summed E-state index contributed by atoms with van der Waals surface area (Å²) in [4.78, 5) is 37.0. The summed E-state index contributed by atoms with van der Waals surface area (Å²) in [6.07, 6.45) is 0.531.